The van der Waals surface area contributed by atoms with Crippen LogP contribution < -0.4 is 5.32 Å². The normalized spacial score (nSPS) is 21.5. The molecule has 2 N–H and O–H groups in total. The molecule has 2 heterocycles. The molecule has 1 amide bonds. The van der Waals surface area contributed by atoms with E-state index in [1.54, 1.807) is 5.38 Å². The van der Waals surface area contributed by atoms with Crippen LogP contribution in [0.1, 0.15) is 27.5 Å². The Morgan fingerprint density at radius 1 is 1.41 bits per heavy atom. The molecular weight excluding hydrogens is 300 g/mol. The van der Waals surface area contributed by atoms with E-state index in [0.29, 0.717) is 18.7 Å². The number of carbonyl (C=O) groups excluding carboxylic acids is 1. The molecule has 2 aromatic rings. The topological polar surface area (TPSA) is 71.5 Å². The van der Waals surface area contributed by atoms with Crippen molar-refractivity contribution < 1.29 is 14.6 Å². The molecule has 116 valence electrons. The summed E-state index contributed by atoms with van der Waals surface area (Å²) in [6, 6.07) is 9.77. The first-order valence-corrected chi connectivity index (χ1v) is 8.15. The second-order valence-electron chi connectivity index (χ2n) is 5.30. The fraction of sp³-hybridized carbons (Fsp3) is 0.375. The lowest BCUT2D eigenvalue weighted by Gasteiger charge is -2.28. The maximum atomic E-state index is 12.2. The van der Waals surface area contributed by atoms with Gasteiger partial charge < -0.3 is 15.2 Å². The van der Waals surface area contributed by atoms with Gasteiger partial charge in [-0.2, -0.15) is 0 Å². The molecule has 1 aliphatic rings. The number of rotatable bonds is 4. The molecule has 1 saturated heterocycles. The van der Waals surface area contributed by atoms with Crippen LogP contribution in [0.2, 0.25) is 0 Å². The Morgan fingerprint density at radius 2 is 2.23 bits per heavy atom. The highest BCUT2D eigenvalue weighted by molar-refractivity contribution is 7.09. The maximum absolute atomic E-state index is 12.2. The lowest BCUT2D eigenvalue weighted by molar-refractivity contribution is -0.0261. The summed E-state index contributed by atoms with van der Waals surface area (Å²) in [5.74, 6) is -0.235. The molecule has 0 spiro atoms. The van der Waals surface area contributed by atoms with Gasteiger partial charge in [0, 0.05) is 18.4 Å². The Hall–Kier alpha value is -1.76. The highest BCUT2D eigenvalue weighted by atomic mass is 32.1. The molecule has 2 atom stereocenters. The van der Waals surface area contributed by atoms with Crippen LogP contribution in [0, 0.1) is 0 Å². The number of aromatic nitrogens is 1. The number of ether oxygens (including phenoxy) is 1. The number of aliphatic hydroxyl groups is 1. The number of aliphatic hydroxyl groups excluding tert-OH is 1. The van der Waals surface area contributed by atoms with Crippen molar-refractivity contribution >= 4 is 17.2 Å². The van der Waals surface area contributed by atoms with Crippen molar-refractivity contribution in [2.24, 2.45) is 0 Å². The first-order chi connectivity index (χ1) is 10.7. The van der Waals surface area contributed by atoms with Crippen molar-refractivity contribution in [3.8, 4) is 0 Å². The Kier molecular flexibility index (Phi) is 4.82. The number of hydrogen-bond acceptors (Lipinski definition) is 5. The Morgan fingerprint density at radius 3 is 3.00 bits per heavy atom. The van der Waals surface area contributed by atoms with E-state index in [4.69, 9.17) is 4.74 Å². The van der Waals surface area contributed by atoms with Crippen LogP contribution in [0.3, 0.4) is 0 Å². The quantitative estimate of drug-likeness (QED) is 0.898. The van der Waals surface area contributed by atoms with E-state index in [0.717, 1.165) is 11.4 Å². The third-order valence-electron chi connectivity index (χ3n) is 3.63. The minimum atomic E-state index is -0.653. The van der Waals surface area contributed by atoms with E-state index < -0.39 is 6.10 Å². The van der Waals surface area contributed by atoms with Gasteiger partial charge in [0.1, 0.15) is 5.69 Å². The van der Waals surface area contributed by atoms with Crippen LogP contribution in [-0.4, -0.2) is 41.4 Å². The molecule has 3 rings (SSSR count). The van der Waals surface area contributed by atoms with Gasteiger partial charge in [0.05, 0.1) is 23.8 Å². The lowest BCUT2D eigenvalue weighted by Crippen LogP contribution is -2.48. The molecule has 0 saturated carbocycles. The number of nitrogens with one attached hydrogen (secondary N) is 1. The number of benzene rings is 1. The van der Waals surface area contributed by atoms with Crippen LogP contribution in [0.5, 0.6) is 0 Å². The zero-order chi connectivity index (χ0) is 15.4. The minimum Gasteiger partial charge on any atom is -0.389 e. The van der Waals surface area contributed by atoms with E-state index in [2.05, 4.69) is 10.3 Å². The molecule has 1 fully saturated rings. The van der Waals surface area contributed by atoms with E-state index >= 15 is 0 Å². The summed E-state index contributed by atoms with van der Waals surface area (Å²) in [5.41, 5.74) is 1.58. The van der Waals surface area contributed by atoms with Crippen LogP contribution >= 0.6 is 11.3 Å². The van der Waals surface area contributed by atoms with Gasteiger partial charge in [-0.25, -0.2) is 4.98 Å². The Bertz CT molecular complexity index is 629. The van der Waals surface area contributed by atoms with Crippen molar-refractivity contribution in [2.45, 2.75) is 25.0 Å². The second-order valence-corrected chi connectivity index (χ2v) is 6.24. The Balaban J connectivity index is 1.61. The van der Waals surface area contributed by atoms with Crippen molar-refractivity contribution in [1.29, 1.82) is 0 Å². The first kappa shape index (κ1) is 15.1. The molecule has 0 radical (unpaired) electrons. The zero-order valence-electron chi connectivity index (χ0n) is 12.1. The molecule has 1 aromatic heterocycles. The maximum Gasteiger partial charge on any atom is 0.271 e. The molecule has 6 heteroatoms. The van der Waals surface area contributed by atoms with Crippen LogP contribution in [0.25, 0.3) is 0 Å². The Labute approximate surface area is 133 Å². The number of amides is 1. The first-order valence-electron chi connectivity index (χ1n) is 7.27. The van der Waals surface area contributed by atoms with Gasteiger partial charge in [-0.15, -0.1) is 11.3 Å². The number of hydrogen-bond donors (Lipinski definition) is 2. The smallest absolute Gasteiger partial charge is 0.271 e. The van der Waals surface area contributed by atoms with Crippen molar-refractivity contribution in [2.75, 3.05) is 13.2 Å². The summed E-state index contributed by atoms with van der Waals surface area (Å²) in [7, 11) is 0. The van der Waals surface area contributed by atoms with E-state index in [9.17, 15) is 9.90 Å². The van der Waals surface area contributed by atoms with Crippen LogP contribution in [0.15, 0.2) is 35.7 Å². The van der Waals surface area contributed by atoms with Gasteiger partial charge in [-0.1, -0.05) is 30.3 Å². The van der Waals surface area contributed by atoms with Gasteiger partial charge in [0.2, 0.25) is 0 Å². The highest BCUT2D eigenvalue weighted by Crippen LogP contribution is 2.15. The summed E-state index contributed by atoms with van der Waals surface area (Å²) >= 11 is 1.48. The largest absolute Gasteiger partial charge is 0.389 e. The third kappa shape index (κ3) is 3.71. The summed E-state index contributed by atoms with van der Waals surface area (Å²) in [6.07, 6.45) is 0.687. The van der Waals surface area contributed by atoms with Gasteiger partial charge in [-0.05, 0) is 12.0 Å². The summed E-state index contributed by atoms with van der Waals surface area (Å²) in [6.45, 7) is 0.819. The SMILES string of the molecule is O=C(N[C@@H]1CCOC[C@H]1O)c1csc(Cc2ccccc2)n1. The molecule has 0 bridgehead atoms. The van der Waals surface area contributed by atoms with Crippen molar-refractivity contribution in [3.63, 3.8) is 0 Å². The molecule has 5 nitrogen and oxygen atoms in total. The number of carbonyl (C=O) groups is 1. The fourth-order valence-electron chi connectivity index (χ4n) is 2.40. The van der Waals surface area contributed by atoms with Crippen LogP contribution in [0.4, 0.5) is 0 Å². The second kappa shape index (κ2) is 7.00. The summed E-state index contributed by atoms with van der Waals surface area (Å²) in [5, 5.41) is 15.3. The van der Waals surface area contributed by atoms with Gasteiger partial charge in [0.15, 0.2) is 0 Å². The summed E-state index contributed by atoms with van der Waals surface area (Å²) < 4.78 is 5.15. The van der Waals surface area contributed by atoms with E-state index in [-0.39, 0.29) is 18.6 Å². The monoisotopic (exact) mass is 318 g/mol. The van der Waals surface area contributed by atoms with E-state index in [1.807, 2.05) is 30.3 Å². The average molecular weight is 318 g/mol. The molecular formula is C16H18N2O3S. The molecule has 1 aliphatic heterocycles. The van der Waals surface area contributed by atoms with Crippen molar-refractivity contribution in [3.05, 3.63) is 52.0 Å². The predicted molar refractivity (Wildman–Crippen MR) is 84.1 cm³/mol. The minimum absolute atomic E-state index is 0.235. The predicted octanol–water partition coefficient (Wildman–Crippen LogP) is 1.61. The third-order valence-corrected chi connectivity index (χ3v) is 4.47. The number of thiazole rings is 1. The van der Waals surface area contributed by atoms with Gasteiger partial charge in [-0.3, -0.25) is 4.79 Å². The zero-order valence-corrected chi connectivity index (χ0v) is 12.9. The average Bonchev–Trinajstić information content (AvgIpc) is 2.99. The van der Waals surface area contributed by atoms with Crippen molar-refractivity contribution in [1.82, 2.24) is 10.3 Å². The van der Waals surface area contributed by atoms with E-state index in [1.165, 1.54) is 16.9 Å². The van der Waals surface area contributed by atoms with Gasteiger partial charge >= 0.3 is 0 Å². The highest BCUT2D eigenvalue weighted by Gasteiger charge is 2.26. The van der Waals surface area contributed by atoms with Crippen LogP contribution in [-0.2, 0) is 11.2 Å². The number of nitrogens with zero attached hydrogens (tertiary/aromatic N) is 1. The molecule has 0 aliphatic carbocycles. The molecule has 0 unspecified atom stereocenters. The lowest BCUT2D eigenvalue weighted by atomic mass is 10.1. The standard InChI is InChI=1S/C16H18N2O3S/c19-14-9-21-7-6-12(14)18-16(20)13-10-22-15(17-13)8-11-4-2-1-3-5-11/h1-5,10,12,14,19H,6-9H2,(H,18,20)/t12-,14-/m1/s1. The fourth-order valence-corrected chi connectivity index (χ4v) is 3.21. The summed E-state index contributed by atoms with van der Waals surface area (Å²) in [4.78, 5) is 16.6. The van der Waals surface area contributed by atoms with Gasteiger partial charge in [0.25, 0.3) is 5.91 Å². The molecule has 22 heavy (non-hydrogen) atoms. The molecule has 1 aromatic carbocycles.